The maximum atomic E-state index is 4.26. The highest BCUT2D eigenvalue weighted by molar-refractivity contribution is 5.67. The molecule has 15 heavy (non-hydrogen) atoms. The first-order valence-electron chi connectivity index (χ1n) is 5.12. The normalized spacial score (nSPS) is 20.5. The minimum Gasteiger partial charge on any atom is -0.181 e. The maximum Gasteiger partial charge on any atom is 0.0927 e. The largest absolute Gasteiger partial charge is 0.181 e. The van der Waals surface area contributed by atoms with Gasteiger partial charge in [-0.2, -0.15) is 10.2 Å². The van der Waals surface area contributed by atoms with E-state index in [4.69, 9.17) is 0 Å². The number of benzene rings is 1. The summed E-state index contributed by atoms with van der Waals surface area (Å²) >= 11 is 0. The molecule has 1 aromatic carbocycles. The van der Waals surface area contributed by atoms with Crippen LogP contribution in [-0.4, -0.2) is 6.04 Å². The van der Waals surface area contributed by atoms with E-state index in [9.17, 15) is 0 Å². The quantitative estimate of drug-likeness (QED) is 0.655. The molecule has 0 saturated heterocycles. The van der Waals surface area contributed by atoms with E-state index in [1.807, 2.05) is 37.3 Å². The highest BCUT2D eigenvalue weighted by Gasteiger charge is 2.05. The van der Waals surface area contributed by atoms with Crippen molar-refractivity contribution in [2.45, 2.75) is 19.9 Å². The summed E-state index contributed by atoms with van der Waals surface area (Å²) in [7, 11) is 0. The third-order valence-electron chi connectivity index (χ3n) is 2.29. The smallest absolute Gasteiger partial charge is 0.0927 e. The molecule has 76 valence electrons. The van der Waals surface area contributed by atoms with Crippen molar-refractivity contribution in [3.05, 3.63) is 53.6 Å². The van der Waals surface area contributed by atoms with Gasteiger partial charge in [-0.1, -0.05) is 42.0 Å². The van der Waals surface area contributed by atoms with Crippen LogP contribution in [0.3, 0.4) is 0 Å². The number of nitrogens with zero attached hydrogens (tertiary/aromatic N) is 2. The van der Waals surface area contributed by atoms with Gasteiger partial charge >= 0.3 is 0 Å². The van der Waals surface area contributed by atoms with E-state index in [1.165, 1.54) is 5.57 Å². The summed E-state index contributed by atoms with van der Waals surface area (Å²) in [6.07, 6.45) is 4.18. The first-order valence-corrected chi connectivity index (χ1v) is 5.12. The fourth-order valence-corrected chi connectivity index (χ4v) is 1.61. The molecule has 0 saturated carbocycles. The monoisotopic (exact) mass is 198 g/mol. The zero-order valence-corrected chi connectivity index (χ0v) is 9.01. The van der Waals surface area contributed by atoms with Gasteiger partial charge in [-0.25, -0.2) is 0 Å². The van der Waals surface area contributed by atoms with Crippen molar-refractivity contribution in [3.8, 4) is 0 Å². The highest BCUT2D eigenvalue weighted by Crippen LogP contribution is 2.21. The first kappa shape index (κ1) is 9.84. The number of hydrogen-bond donors (Lipinski definition) is 0. The van der Waals surface area contributed by atoms with Gasteiger partial charge in [-0.05, 0) is 19.9 Å². The van der Waals surface area contributed by atoms with Gasteiger partial charge in [0.15, 0.2) is 0 Å². The zero-order valence-electron chi connectivity index (χ0n) is 9.01. The Bertz CT molecular complexity index is 427. The highest BCUT2D eigenvalue weighted by atomic mass is 15.1. The van der Waals surface area contributed by atoms with Gasteiger partial charge < -0.3 is 0 Å². The molecule has 1 heterocycles. The lowest BCUT2D eigenvalue weighted by Gasteiger charge is -1.99. The molecule has 0 N–H and O–H groups in total. The fraction of sp³-hybridized carbons (Fsp3) is 0.231. The van der Waals surface area contributed by atoms with E-state index in [0.29, 0.717) is 0 Å². The lowest BCUT2D eigenvalue weighted by Crippen LogP contribution is -1.89. The van der Waals surface area contributed by atoms with Crippen molar-refractivity contribution >= 4 is 5.70 Å². The molecular formula is C13H14N2. The van der Waals surface area contributed by atoms with E-state index in [1.54, 1.807) is 0 Å². The summed E-state index contributed by atoms with van der Waals surface area (Å²) in [5, 5.41) is 8.47. The average molecular weight is 198 g/mol. The van der Waals surface area contributed by atoms with Crippen LogP contribution in [0.2, 0.25) is 0 Å². The molecule has 2 rings (SSSR count). The Morgan fingerprint density at radius 3 is 2.60 bits per heavy atom. The van der Waals surface area contributed by atoms with Gasteiger partial charge in [0.1, 0.15) is 0 Å². The molecule has 1 aromatic rings. The maximum absolute atomic E-state index is 4.26. The zero-order chi connectivity index (χ0) is 10.7. The Morgan fingerprint density at radius 2 is 1.87 bits per heavy atom. The van der Waals surface area contributed by atoms with E-state index in [-0.39, 0.29) is 6.04 Å². The van der Waals surface area contributed by atoms with E-state index in [2.05, 4.69) is 29.3 Å². The summed E-state index contributed by atoms with van der Waals surface area (Å²) in [5.41, 5.74) is 3.27. The van der Waals surface area contributed by atoms with E-state index in [0.717, 1.165) is 11.3 Å². The molecule has 2 heteroatoms. The summed E-state index contributed by atoms with van der Waals surface area (Å²) < 4.78 is 0. The van der Waals surface area contributed by atoms with Gasteiger partial charge in [0.05, 0.1) is 11.7 Å². The van der Waals surface area contributed by atoms with Crippen molar-refractivity contribution in [1.29, 1.82) is 0 Å². The fourth-order valence-electron chi connectivity index (χ4n) is 1.61. The average Bonchev–Trinajstić information content (AvgIpc) is 2.41. The van der Waals surface area contributed by atoms with Gasteiger partial charge in [-0.3, -0.25) is 0 Å². The summed E-state index contributed by atoms with van der Waals surface area (Å²) in [6, 6.07) is 10.3. The van der Waals surface area contributed by atoms with Crippen molar-refractivity contribution in [3.63, 3.8) is 0 Å². The van der Waals surface area contributed by atoms with Gasteiger partial charge in [-0.15, -0.1) is 0 Å². The standard InChI is InChI=1S/C13H14N2/c1-10-8-11(2)14-15-13(9-10)12-6-4-3-5-7-12/h3-9,11H,1-2H3. The van der Waals surface area contributed by atoms with Crippen LogP contribution in [0.5, 0.6) is 0 Å². The van der Waals surface area contributed by atoms with Crippen molar-refractivity contribution in [2.24, 2.45) is 10.2 Å². The topological polar surface area (TPSA) is 24.7 Å². The number of hydrogen-bond acceptors (Lipinski definition) is 2. The van der Waals surface area contributed by atoms with E-state index >= 15 is 0 Å². The Hall–Kier alpha value is -1.70. The molecular weight excluding hydrogens is 184 g/mol. The van der Waals surface area contributed by atoms with Crippen molar-refractivity contribution < 1.29 is 0 Å². The van der Waals surface area contributed by atoms with Crippen molar-refractivity contribution in [1.82, 2.24) is 0 Å². The number of allylic oxidation sites excluding steroid dienone is 2. The van der Waals surface area contributed by atoms with Gasteiger partial charge in [0.2, 0.25) is 0 Å². The second kappa shape index (κ2) is 4.22. The van der Waals surface area contributed by atoms with Crippen LogP contribution in [0.1, 0.15) is 19.4 Å². The molecule has 0 spiro atoms. The molecule has 1 aliphatic rings. The van der Waals surface area contributed by atoms with Crippen LogP contribution >= 0.6 is 0 Å². The Morgan fingerprint density at radius 1 is 1.13 bits per heavy atom. The molecule has 1 aliphatic heterocycles. The Balaban J connectivity index is 2.39. The predicted octanol–water partition coefficient (Wildman–Crippen LogP) is 3.83. The Kier molecular flexibility index (Phi) is 2.77. The minimum atomic E-state index is 0.169. The Labute approximate surface area is 90.0 Å². The molecule has 0 aromatic heterocycles. The van der Waals surface area contributed by atoms with Crippen LogP contribution in [-0.2, 0) is 0 Å². The van der Waals surface area contributed by atoms with Crippen LogP contribution in [0.15, 0.2) is 58.3 Å². The first-order chi connectivity index (χ1) is 7.25. The molecule has 1 atom stereocenters. The lowest BCUT2D eigenvalue weighted by molar-refractivity contribution is 0.855. The third-order valence-corrected chi connectivity index (χ3v) is 2.29. The predicted molar refractivity (Wildman–Crippen MR) is 62.5 cm³/mol. The van der Waals surface area contributed by atoms with Crippen LogP contribution in [0.25, 0.3) is 5.70 Å². The molecule has 0 fully saturated rings. The summed E-state index contributed by atoms with van der Waals surface area (Å²) in [5.74, 6) is 0. The molecule has 0 amide bonds. The number of rotatable bonds is 1. The van der Waals surface area contributed by atoms with Gasteiger partial charge in [0, 0.05) is 5.56 Å². The summed E-state index contributed by atoms with van der Waals surface area (Å²) in [6.45, 7) is 4.12. The molecule has 0 radical (unpaired) electrons. The van der Waals surface area contributed by atoms with Crippen LogP contribution in [0, 0.1) is 0 Å². The summed E-state index contributed by atoms with van der Waals surface area (Å²) in [4.78, 5) is 0. The van der Waals surface area contributed by atoms with Crippen LogP contribution < -0.4 is 0 Å². The molecule has 2 nitrogen and oxygen atoms in total. The molecule has 0 aliphatic carbocycles. The third kappa shape index (κ3) is 2.40. The second-order valence-corrected chi connectivity index (χ2v) is 3.76. The van der Waals surface area contributed by atoms with E-state index < -0.39 is 0 Å². The van der Waals surface area contributed by atoms with Crippen molar-refractivity contribution in [2.75, 3.05) is 0 Å². The molecule has 0 bridgehead atoms. The minimum absolute atomic E-state index is 0.169. The molecule has 1 unspecified atom stereocenters. The van der Waals surface area contributed by atoms with Crippen LogP contribution in [0.4, 0.5) is 0 Å². The SMILES string of the molecule is CC1=CC(C)N=NC(c2ccccc2)=C1. The number of azo groups is 1. The van der Waals surface area contributed by atoms with Gasteiger partial charge in [0.25, 0.3) is 0 Å². The second-order valence-electron chi connectivity index (χ2n) is 3.76. The lowest BCUT2D eigenvalue weighted by atomic mass is 10.1.